The highest BCUT2D eigenvalue weighted by Gasteiger charge is 2.14. The lowest BCUT2D eigenvalue weighted by Crippen LogP contribution is -2.15. The van der Waals surface area contributed by atoms with Crippen LogP contribution in [0.4, 0.5) is 5.69 Å². The molecular weight excluding hydrogens is 362 g/mol. The molecule has 0 atom stereocenters. The van der Waals surface area contributed by atoms with E-state index < -0.39 is 5.91 Å². The number of hydrogen-bond acceptors (Lipinski definition) is 6. The summed E-state index contributed by atoms with van der Waals surface area (Å²) in [6.07, 6.45) is 0. The molecule has 2 aromatic carbocycles. The Bertz CT molecular complexity index is 1210. The normalized spacial score (nSPS) is 10.9. The molecule has 0 bridgehead atoms. The van der Waals surface area contributed by atoms with Crippen LogP contribution in [0.15, 0.2) is 57.1 Å². The average Bonchev–Trinajstić information content (AvgIpc) is 3.18. The number of nitrogens with one attached hydrogen (secondary N) is 1. The summed E-state index contributed by atoms with van der Waals surface area (Å²) in [6.45, 7) is 3.86. The van der Waals surface area contributed by atoms with Gasteiger partial charge in [0.15, 0.2) is 11.2 Å². The molecule has 2 heterocycles. The van der Waals surface area contributed by atoms with Crippen LogP contribution in [-0.2, 0) is 0 Å². The highest BCUT2D eigenvalue weighted by molar-refractivity contribution is 7.03. The first kappa shape index (κ1) is 17.1. The van der Waals surface area contributed by atoms with E-state index in [0.29, 0.717) is 16.7 Å². The number of anilines is 1. The van der Waals surface area contributed by atoms with Gasteiger partial charge in [0.1, 0.15) is 11.3 Å². The van der Waals surface area contributed by atoms with E-state index in [2.05, 4.69) is 14.9 Å². The van der Waals surface area contributed by atoms with E-state index in [9.17, 15) is 9.59 Å². The van der Waals surface area contributed by atoms with Gasteiger partial charge in [-0.15, -0.1) is 5.10 Å². The molecule has 134 valence electrons. The van der Waals surface area contributed by atoms with Gasteiger partial charge in [0.25, 0.3) is 5.91 Å². The number of fused-ring (bicyclic) bond motifs is 1. The van der Waals surface area contributed by atoms with Crippen molar-refractivity contribution in [2.75, 3.05) is 5.32 Å². The van der Waals surface area contributed by atoms with Gasteiger partial charge in [-0.25, -0.2) is 0 Å². The molecule has 27 heavy (non-hydrogen) atoms. The van der Waals surface area contributed by atoms with Crippen molar-refractivity contribution in [1.82, 2.24) is 9.59 Å². The third-order valence-corrected chi connectivity index (χ3v) is 4.85. The third-order valence-electron chi connectivity index (χ3n) is 4.34. The van der Waals surface area contributed by atoms with E-state index in [-0.39, 0.29) is 11.2 Å². The summed E-state index contributed by atoms with van der Waals surface area (Å²) in [5.74, 6) is -0.516. The minimum atomic E-state index is -0.485. The summed E-state index contributed by atoms with van der Waals surface area (Å²) >= 11 is 1.26. The maximum atomic E-state index is 12.6. The molecule has 0 aliphatic carbocycles. The van der Waals surface area contributed by atoms with Crippen LogP contribution < -0.4 is 10.7 Å². The fourth-order valence-electron chi connectivity index (χ4n) is 2.76. The summed E-state index contributed by atoms with van der Waals surface area (Å²) in [6, 6.07) is 12.0. The van der Waals surface area contributed by atoms with Gasteiger partial charge >= 0.3 is 0 Å². The van der Waals surface area contributed by atoms with Crippen molar-refractivity contribution in [3.8, 4) is 11.3 Å². The molecule has 0 aliphatic rings. The topological polar surface area (TPSA) is 85.1 Å². The zero-order valence-electron chi connectivity index (χ0n) is 14.6. The van der Waals surface area contributed by atoms with E-state index >= 15 is 0 Å². The molecule has 0 fully saturated rings. The fourth-order valence-corrected chi connectivity index (χ4v) is 3.23. The summed E-state index contributed by atoms with van der Waals surface area (Å²) in [4.78, 5) is 25.0. The Labute approximate surface area is 158 Å². The van der Waals surface area contributed by atoms with Gasteiger partial charge in [0, 0.05) is 22.7 Å². The zero-order valence-corrected chi connectivity index (χ0v) is 15.5. The highest BCUT2D eigenvalue weighted by Crippen LogP contribution is 2.22. The number of hydrogen-bond donors (Lipinski definition) is 1. The predicted octanol–water partition coefficient (Wildman–Crippen LogP) is 4.18. The molecule has 0 aliphatic heterocycles. The first-order chi connectivity index (χ1) is 13.0. The average molecular weight is 377 g/mol. The number of carbonyl (C=O) groups is 1. The molecule has 0 saturated heterocycles. The van der Waals surface area contributed by atoms with Crippen LogP contribution >= 0.6 is 11.5 Å². The van der Waals surface area contributed by atoms with Gasteiger partial charge in [0.05, 0.1) is 5.39 Å². The van der Waals surface area contributed by atoms with Crippen LogP contribution in [0.1, 0.15) is 21.7 Å². The standard InChI is InChI=1S/C20H15N3O3S/c1-11-6-15-17(24)9-19(26-18(15)7-12(11)2)20(25)21-14-5-3-4-13(8-14)16-10-27-23-22-16/h3-10H,1-2H3,(H,21,25). The first-order valence-electron chi connectivity index (χ1n) is 8.25. The summed E-state index contributed by atoms with van der Waals surface area (Å²) in [5, 5.41) is 9.08. The van der Waals surface area contributed by atoms with Crippen molar-refractivity contribution < 1.29 is 9.21 Å². The Morgan fingerprint density at radius 3 is 2.70 bits per heavy atom. The van der Waals surface area contributed by atoms with Crippen molar-refractivity contribution in [1.29, 1.82) is 0 Å². The molecule has 1 amide bonds. The van der Waals surface area contributed by atoms with Crippen LogP contribution in [-0.4, -0.2) is 15.5 Å². The third kappa shape index (κ3) is 3.37. The second-order valence-electron chi connectivity index (χ2n) is 6.23. The molecular formula is C20H15N3O3S. The monoisotopic (exact) mass is 377 g/mol. The Morgan fingerprint density at radius 2 is 1.93 bits per heavy atom. The van der Waals surface area contributed by atoms with E-state index in [4.69, 9.17) is 4.42 Å². The van der Waals surface area contributed by atoms with Crippen LogP contribution in [0.25, 0.3) is 22.2 Å². The number of amides is 1. The smallest absolute Gasteiger partial charge is 0.291 e. The molecule has 4 aromatic rings. The van der Waals surface area contributed by atoms with Crippen LogP contribution in [0.3, 0.4) is 0 Å². The minimum absolute atomic E-state index is 0.0310. The summed E-state index contributed by atoms with van der Waals surface area (Å²) in [5.41, 5.74) is 4.30. The second kappa shape index (κ2) is 6.77. The molecule has 0 radical (unpaired) electrons. The molecule has 1 N–H and O–H groups in total. The Kier molecular flexibility index (Phi) is 4.29. The number of rotatable bonds is 3. The van der Waals surface area contributed by atoms with Gasteiger partial charge in [-0.2, -0.15) is 0 Å². The van der Waals surface area contributed by atoms with Crippen molar-refractivity contribution in [3.05, 3.63) is 75.0 Å². The molecule has 7 heteroatoms. The largest absolute Gasteiger partial charge is 0.451 e. The molecule has 0 unspecified atom stereocenters. The quantitative estimate of drug-likeness (QED) is 0.579. The molecule has 4 rings (SSSR count). The lowest BCUT2D eigenvalue weighted by Gasteiger charge is -2.08. The fraction of sp³-hybridized carbons (Fsp3) is 0.100. The number of aromatic nitrogens is 2. The maximum Gasteiger partial charge on any atom is 0.291 e. The Hall–Kier alpha value is -3.32. The van der Waals surface area contributed by atoms with E-state index in [1.165, 1.54) is 17.6 Å². The van der Waals surface area contributed by atoms with Gasteiger partial charge in [-0.1, -0.05) is 16.6 Å². The number of benzene rings is 2. The van der Waals surface area contributed by atoms with E-state index in [0.717, 1.165) is 22.4 Å². The number of aryl methyl sites for hydroxylation is 2. The summed E-state index contributed by atoms with van der Waals surface area (Å²) < 4.78 is 9.53. The minimum Gasteiger partial charge on any atom is -0.451 e. The highest BCUT2D eigenvalue weighted by atomic mass is 32.1. The molecule has 0 saturated carbocycles. The van der Waals surface area contributed by atoms with Gasteiger partial charge in [0.2, 0.25) is 0 Å². The van der Waals surface area contributed by atoms with Crippen LogP contribution in [0.2, 0.25) is 0 Å². The zero-order chi connectivity index (χ0) is 19.0. The van der Waals surface area contributed by atoms with Crippen LogP contribution in [0, 0.1) is 13.8 Å². The van der Waals surface area contributed by atoms with Gasteiger partial charge < -0.3 is 9.73 Å². The van der Waals surface area contributed by atoms with Crippen molar-refractivity contribution in [2.45, 2.75) is 13.8 Å². The lowest BCUT2D eigenvalue weighted by atomic mass is 10.1. The first-order valence-corrected chi connectivity index (χ1v) is 9.09. The van der Waals surface area contributed by atoms with Crippen molar-refractivity contribution in [3.63, 3.8) is 0 Å². The van der Waals surface area contributed by atoms with E-state index in [1.807, 2.05) is 31.4 Å². The van der Waals surface area contributed by atoms with Crippen molar-refractivity contribution in [2.24, 2.45) is 0 Å². The molecule has 2 aromatic heterocycles. The molecule has 0 spiro atoms. The van der Waals surface area contributed by atoms with Gasteiger partial charge in [-0.05, 0) is 60.8 Å². The van der Waals surface area contributed by atoms with Crippen molar-refractivity contribution >= 4 is 34.1 Å². The maximum absolute atomic E-state index is 12.6. The lowest BCUT2D eigenvalue weighted by molar-refractivity contribution is 0.0997. The predicted molar refractivity (Wildman–Crippen MR) is 105 cm³/mol. The Balaban J connectivity index is 1.66. The van der Waals surface area contributed by atoms with Gasteiger partial charge in [-0.3, -0.25) is 9.59 Å². The summed E-state index contributed by atoms with van der Waals surface area (Å²) in [7, 11) is 0. The molecule has 6 nitrogen and oxygen atoms in total. The second-order valence-corrected chi connectivity index (χ2v) is 6.84. The van der Waals surface area contributed by atoms with Crippen LogP contribution in [0.5, 0.6) is 0 Å². The SMILES string of the molecule is Cc1cc2oc(C(=O)Nc3cccc(-c4csnn4)c3)cc(=O)c2cc1C. The number of nitrogens with zero attached hydrogens (tertiary/aromatic N) is 2. The van der Waals surface area contributed by atoms with E-state index in [1.54, 1.807) is 24.3 Å². The Morgan fingerprint density at radius 1 is 1.11 bits per heavy atom. The number of carbonyl (C=O) groups excluding carboxylic acids is 1.